The highest BCUT2D eigenvalue weighted by Gasteiger charge is 2.31. The van der Waals surface area contributed by atoms with Gasteiger partial charge >= 0.3 is 7.80 Å². The van der Waals surface area contributed by atoms with Gasteiger partial charge in [-0.15, -0.1) is 0 Å². The van der Waals surface area contributed by atoms with Crippen LogP contribution in [0.1, 0.15) is 29.8 Å². The Morgan fingerprint density at radius 3 is 2.14 bits per heavy atom. The largest absolute Gasteiger partial charge is 0.380 e. The van der Waals surface area contributed by atoms with Crippen molar-refractivity contribution in [3.05, 3.63) is 63.6 Å². The van der Waals surface area contributed by atoms with Gasteiger partial charge in [-0.05, 0) is 38.1 Å². The first-order valence-corrected chi connectivity index (χ1v) is 8.56. The van der Waals surface area contributed by atoms with Crippen LogP contribution in [0.25, 0.3) is 0 Å². The molecule has 0 N–H and O–H groups in total. The first-order chi connectivity index (χ1) is 9.93. The van der Waals surface area contributed by atoms with Crippen LogP contribution in [0.5, 0.6) is 0 Å². The molecule has 0 spiro atoms. The fourth-order valence-electron chi connectivity index (χ4n) is 1.99. The van der Waals surface area contributed by atoms with E-state index in [0.29, 0.717) is 20.9 Å². The third-order valence-corrected chi connectivity index (χ3v) is 5.48. The van der Waals surface area contributed by atoms with Crippen molar-refractivity contribution in [3.8, 4) is 0 Å². The van der Waals surface area contributed by atoms with E-state index in [-0.39, 0.29) is 17.0 Å². The van der Waals surface area contributed by atoms with Gasteiger partial charge in [-0.3, -0.25) is 4.79 Å². The van der Waals surface area contributed by atoms with Gasteiger partial charge in [-0.25, -0.2) is 0 Å². The van der Waals surface area contributed by atoms with Crippen LogP contribution in [0.3, 0.4) is 0 Å². The van der Waals surface area contributed by atoms with E-state index in [1.54, 1.807) is 42.5 Å². The predicted octanol–water partition coefficient (Wildman–Crippen LogP) is 5.09. The first-order valence-electron chi connectivity index (χ1n) is 6.47. The Bertz CT molecular complexity index is 691. The molecular weight excluding hydrogens is 326 g/mol. The summed E-state index contributed by atoms with van der Waals surface area (Å²) in [6.45, 7) is 3.73. The molecule has 0 fully saturated rings. The second-order valence-corrected chi connectivity index (χ2v) is 7.84. The molecule has 0 aliphatic heterocycles. The number of halogens is 2. The highest BCUT2D eigenvalue weighted by molar-refractivity contribution is 7.54. The Morgan fingerprint density at radius 2 is 1.57 bits per heavy atom. The van der Waals surface area contributed by atoms with Gasteiger partial charge in [0.2, 0.25) is 11.1 Å². The molecule has 1 atom stereocenters. The molecule has 0 aliphatic carbocycles. The van der Waals surface area contributed by atoms with Crippen molar-refractivity contribution in [2.24, 2.45) is 0 Å². The van der Waals surface area contributed by atoms with Crippen LogP contribution in [0.2, 0.25) is 10.0 Å². The highest BCUT2D eigenvalue weighted by Crippen LogP contribution is 2.31. The summed E-state index contributed by atoms with van der Waals surface area (Å²) in [5.74, 6) is -0.301. The molecule has 2 aromatic carbocycles. The number of rotatable bonds is 4. The Balaban J connectivity index is 2.58. The molecule has 0 bridgehead atoms. The third-order valence-electron chi connectivity index (χ3n) is 3.04. The average Bonchev–Trinajstić information content (AvgIpc) is 2.46. The van der Waals surface area contributed by atoms with E-state index in [1.807, 2.05) is 13.8 Å². The van der Waals surface area contributed by atoms with Gasteiger partial charge in [0.05, 0.1) is 21.2 Å². The van der Waals surface area contributed by atoms with Crippen molar-refractivity contribution in [2.75, 3.05) is 0 Å². The lowest BCUT2D eigenvalue weighted by Crippen LogP contribution is -2.16. The summed E-state index contributed by atoms with van der Waals surface area (Å²) in [5.41, 5.74) is 0.596. The molecule has 5 heteroatoms. The molecule has 21 heavy (non-hydrogen) atoms. The molecule has 0 radical (unpaired) electrons. The van der Waals surface area contributed by atoms with Crippen molar-refractivity contribution >= 4 is 42.1 Å². The first kappa shape index (κ1) is 16.2. The van der Waals surface area contributed by atoms with Crippen LogP contribution in [0.4, 0.5) is 0 Å². The summed E-state index contributed by atoms with van der Waals surface area (Å²) in [5, 5.41) is 1.13. The molecule has 0 amide bonds. The number of ketones is 1. The van der Waals surface area contributed by atoms with Crippen LogP contribution < -0.4 is 5.30 Å². The standard InChI is InChI=1S/C16H14Cl2O2P/c1-10(2)21(20)14-9-4-3-6-11(14)16(19)15-12(17)7-5-8-13(15)18/h3-10H,1-2H3/q+1. The van der Waals surface area contributed by atoms with Gasteiger partial charge < -0.3 is 0 Å². The van der Waals surface area contributed by atoms with Crippen molar-refractivity contribution in [1.29, 1.82) is 0 Å². The number of hydrogen-bond acceptors (Lipinski definition) is 2. The quantitative estimate of drug-likeness (QED) is 0.574. The SMILES string of the molecule is CC(C)[P+](=O)c1ccccc1C(=O)c1c(Cl)cccc1Cl. The molecule has 0 aliphatic rings. The van der Waals surface area contributed by atoms with Gasteiger partial charge in [0.1, 0.15) is 0 Å². The van der Waals surface area contributed by atoms with E-state index in [0.717, 1.165) is 0 Å². The molecule has 1 unspecified atom stereocenters. The molecular formula is C16H14Cl2O2P+. The summed E-state index contributed by atoms with van der Waals surface area (Å²) >= 11 is 12.2. The van der Waals surface area contributed by atoms with E-state index in [2.05, 4.69) is 0 Å². The molecule has 0 aromatic heterocycles. The van der Waals surface area contributed by atoms with Crippen molar-refractivity contribution < 1.29 is 9.36 Å². The smallest absolute Gasteiger partial charge is 0.288 e. The van der Waals surface area contributed by atoms with E-state index >= 15 is 0 Å². The lowest BCUT2D eigenvalue weighted by molar-refractivity contribution is 0.104. The highest BCUT2D eigenvalue weighted by atomic mass is 35.5. The topological polar surface area (TPSA) is 34.1 Å². The van der Waals surface area contributed by atoms with Crippen molar-refractivity contribution in [3.63, 3.8) is 0 Å². The fraction of sp³-hybridized carbons (Fsp3) is 0.188. The number of benzene rings is 2. The van der Waals surface area contributed by atoms with Crippen LogP contribution in [0, 0.1) is 0 Å². The average molecular weight is 340 g/mol. The lowest BCUT2D eigenvalue weighted by atomic mass is 10.0. The molecule has 0 saturated heterocycles. The normalized spacial score (nSPS) is 11.6. The molecule has 2 rings (SSSR count). The number of carbonyl (C=O) groups excluding carboxylic acids is 1. The maximum absolute atomic E-state index is 12.7. The zero-order chi connectivity index (χ0) is 15.6. The Kier molecular flexibility index (Phi) is 5.16. The molecule has 0 heterocycles. The Hall–Kier alpha value is -1.21. The van der Waals surface area contributed by atoms with Crippen LogP contribution in [0.15, 0.2) is 42.5 Å². The minimum absolute atomic E-state index is 0.0457. The van der Waals surface area contributed by atoms with Crippen LogP contribution >= 0.6 is 31.0 Å². The summed E-state index contributed by atoms with van der Waals surface area (Å²) in [6.07, 6.45) is 0. The van der Waals surface area contributed by atoms with Crippen LogP contribution in [-0.2, 0) is 4.57 Å². The third kappa shape index (κ3) is 3.35. The van der Waals surface area contributed by atoms with Gasteiger partial charge in [0, 0.05) is 0 Å². The molecule has 2 aromatic rings. The fourth-order valence-corrected chi connectivity index (χ4v) is 3.76. The predicted molar refractivity (Wildman–Crippen MR) is 88.7 cm³/mol. The molecule has 108 valence electrons. The summed E-state index contributed by atoms with van der Waals surface area (Å²) in [6, 6.07) is 11.8. The van der Waals surface area contributed by atoms with E-state index in [4.69, 9.17) is 23.2 Å². The minimum Gasteiger partial charge on any atom is -0.288 e. The zero-order valence-electron chi connectivity index (χ0n) is 11.6. The van der Waals surface area contributed by atoms with Gasteiger partial charge in [0.25, 0.3) is 0 Å². The monoisotopic (exact) mass is 339 g/mol. The molecule has 2 nitrogen and oxygen atoms in total. The number of hydrogen-bond donors (Lipinski definition) is 0. The number of carbonyl (C=O) groups is 1. The van der Waals surface area contributed by atoms with E-state index in [1.165, 1.54) is 0 Å². The second-order valence-electron chi connectivity index (χ2n) is 4.86. The van der Waals surface area contributed by atoms with Crippen molar-refractivity contribution in [1.82, 2.24) is 0 Å². The Morgan fingerprint density at radius 1 is 1.00 bits per heavy atom. The second kappa shape index (κ2) is 6.70. The van der Waals surface area contributed by atoms with Crippen molar-refractivity contribution in [2.45, 2.75) is 19.5 Å². The minimum atomic E-state index is -1.65. The lowest BCUT2D eigenvalue weighted by Gasteiger charge is -2.06. The maximum atomic E-state index is 12.7. The summed E-state index contributed by atoms with van der Waals surface area (Å²) in [4.78, 5) is 12.7. The van der Waals surface area contributed by atoms with Gasteiger partial charge in [-0.2, -0.15) is 0 Å². The van der Waals surface area contributed by atoms with Gasteiger partial charge in [-0.1, -0.05) is 46.0 Å². The van der Waals surface area contributed by atoms with Crippen LogP contribution in [-0.4, -0.2) is 11.4 Å². The maximum Gasteiger partial charge on any atom is 0.380 e. The van der Waals surface area contributed by atoms with E-state index < -0.39 is 7.80 Å². The zero-order valence-corrected chi connectivity index (χ0v) is 14.0. The molecule has 0 saturated carbocycles. The summed E-state index contributed by atoms with van der Waals surface area (Å²) < 4.78 is 12.4. The van der Waals surface area contributed by atoms with Gasteiger partial charge in [0.15, 0.2) is 5.66 Å². The summed E-state index contributed by atoms with van der Waals surface area (Å²) in [7, 11) is -1.65. The Labute approximate surface area is 134 Å². The van der Waals surface area contributed by atoms with E-state index in [9.17, 15) is 9.36 Å².